The maximum atomic E-state index is 13.1. The fourth-order valence-corrected chi connectivity index (χ4v) is 12.8. The van der Waals surface area contributed by atoms with Crippen LogP contribution in [0.4, 0.5) is 0 Å². The normalized spacial score (nSPS) is 14.0. The number of carbonyl (C=O) groups excluding carboxylic acids is 4. The quantitative estimate of drug-likeness (QED) is 0.0222. The van der Waals surface area contributed by atoms with Gasteiger partial charge >= 0.3 is 39.5 Å². The molecular formula is C73H142O17P2. The average Bonchev–Trinajstić information content (AvgIpc) is 2.13. The van der Waals surface area contributed by atoms with Crippen LogP contribution < -0.4 is 0 Å². The molecule has 0 aromatic heterocycles. The van der Waals surface area contributed by atoms with Gasteiger partial charge in [0.25, 0.3) is 0 Å². The van der Waals surface area contributed by atoms with Crippen molar-refractivity contribution in [3.05, 3.63) is 0 Å². The zero-order valence-corrected chi connectivity index (χ0v) is 61.5. The predicted molar refractivity (Wildman–Crippen MR) is 372 cm³/mol. The van der Waals surface area contributed by atoms with Crippen molar-refractivity contribution in [2.24, 2.45) is 5.92 Å². The second-order valence-corrected chi connectivity index (χ2v) is 29.7. The Hall–Kier alpha value is -1.94. The Balaban J connectivity index is 5.19. The molecule has 0 saturated carbocycles. The fraction of sp³-hybridized carbons (Fsp3) is 0.945. The van der Waals surface area contributed by atoms with Crippen molar-refractivity contribution in [2.45, 2.75) is 400 Å². The van der Waals surface area contributed by atoms with Crippen LogP contribution in [0.15, 0.2) is 0 Å². The van der Waals surface area contributed by atoms with Crippen molar-refractivity contribution in [2.75, 3.05) is 39.6 Å². The zero-order chi connectivity index (χ0) is 67.7. The van der Waals surface area contributed by atoms with Crippen LogP contribution in [0.5, 0.6) is 0 Å². The minimum atomic E-state index is -4.95. The van der Waals surface area contributed by atoms with Crippen LogP contribution in [0.2, 0.25) is 0 Å². The Morgan fingerprint density at radius 1 is 0.293 bits per heavy atom. The lowest BCUT2D eigenvalue weighted by Gasteiger charge is -2.21. The number of rotatable bonds is 73. The van der Waals surface area contributed by atoms with Crippen molar-refractivity contribution in [1.82, 2.24) is 0 Å². The smallest absolute Gasteiger partial charge is 0.462 e. The first-order chi connectivity index (χ1) is 44.5. The maximum absolute atomic E-state index is 13.1. The van der Waals surface area contributed by atoms with Crippen LogP contribution in [-0.2, 0) is 65.4 Å². The van der Waals surface area contributed by atoms with E-state index >= 15 is 0 Å². The van der Waals surface area contributed by atoms with Crippen LogP contribution in [0.25, 0.3) is 0 Å². The van der Waals surface area contributed by atoms with Gasteiger partial charge in [-0.05, 0) is 31.6 Å². The van der Waals surface area contributed by atoms with Crippen LogP contribution in [0.1, 0.15) is 381 Å². The molecule has 19 heteroatoms. The lowest BCUT2D eigenvalue weighted by Crippen LogP contribution is -2.30. The van der Waals surface area contributed by atoms with Gasteiger partial charge in [-0.1, -0.05) is 330 Å². The van der Waals surface area contributed by atoms with E-state index in [9.17, 15) is 43.2 Å². The summed E-state index contributed by atoms with van der Waals surface area (Å²) in [5.74, 6) is -1.32. The van der Waals surface area contributed by atoms with Crippen molar-refractivity contribution in [3.8, 4) is 0 Å². The van der Waals surface area contributed by atoms with Gasteiger partial charge in [-0.25, -0.2) is 9.13 Å². The largest absolute Gasteiger partial charge is 0.472 e. The molecule has 0 heterocycles. The third-order valence-corrected chi connectivity index (χ3v) is 18.9. The number of phosphoric ester groups is 2. The van der Waals surface area contributed by atoms with E-state index in [-0.39, 0.29) is 25.7 Å². The molecule has 0 spiro atoms. The highest BCUT2D eigenvalue weighted by Gasteiger charge is 2.30. The van der Waals surface area contributed by atoms with Crippen LogP contribution in [0.3, 0.4) is 0 Å². The number of aliphatic hydroxyl groups excluding tert-OH is 1. The molecule has 0 radical (unpaired) electrons. The molecule has 92 heavy (non-hydrogen) atoms. The molecule has 0 fully saturated rings. The summed E-state index contributed by atoms with van der Waals surface area (Å²) in [4.78, 5) is 72.5. The Morgan fingerprint density at radius 3 is 0.739 bits per heavy atom. The van der Waals surface area contributed by atoms with Gasteiger partial charge in [-0.2, -0.15) is 0 Å². The molecule has 0 amide bonds. The van der Waals surface area contributed by atoms with Gasteiger partial charge < -0.3 is 33.8 Å². The topological polar surface area (TPSA) is 237 Å². The van der Waals surface area contributed by atoms with Crippen LogP contribution in [0, 0.1) is 5.92 Å². The first-order valence-corrected chi connectivity index (χ1v) is 41.1. The number of ether oxygens (including phenoxy) is 4. The van der Waals surface area contributed by atoms with Gasteiger partial charge in [0.05, 0.1) is 26.4 Å². The molecule has 2 unspecified atom stereocenters. The summed E-state index contributed by atoms with van der Waals surface area (Å²) < 4.78 is 68.3. The third kappa shape index (κ3) is 66.7. The second kappa shape index (κ2) is 66.3. The lowest BCUT2D eigenvalue weighted by atomic mass is 10.0. The highest BCUT2D eigenvalue weighted by molar-refractivity contribution is 7.47. The van der Waals surface area contributed by atoms with E-state index in [1.165, 1.54) is 193 Å². The Labute approximate surface area is 562 Å². The summed E-state index contributed by atoms with van der Waals surface area (Å²) in [5, 5.41) is 10.6. The fourth-order valence-electron chi connectivity index (χ4n) is 11.2. The first kappa shape index (κ1) is 90.1. The molecule has 0 aliphatic heterocycles. The molecule has 0 bridgehead atoms. The maximum Gasteiger partial charge on any atom is 0.472 e. The van der Waals surface area contributed by atoms with Gasteiger partial charge in [-0.15, -0.1) is 0 Å². The number of esters is 4. The minimum absolute atomic E-state index is 0.107. The van der Waals surface area contributed by atoms with E-state index in [1.807, 2.05) is 0 Å². The lowest BCUT2D eigenvalue weighted by molar-refractivity contribution is -0.161. The number of unbranched alkanes of at least 4 members (excludes halogenated alkanes) is 45. The Bertz CT molecular complexity index is 1770. The molecule has 17 nitrogen and oxygen atoms in total. The van der Waals surface area contributed by atoms with Gasteiger partial charge in [0.2, 0.25) is 0 Å². The molecule has 0 aliphatic carbocycles. The zero-order valence-electron chi connectivity index (χ0n) is 59.7. The molecule has 546 valence electrons. The van der Waals surface area contributed by atoms with Crippen molar-refractivity contribution < 1.29 is 80.2 Å². The second-order valence-electron chi connectivity index (χ2n) is 26.8. The Kier molecular flexibility index (Phi) is 64.9. The number of hydrogen-bond acceptors (Lipinski definition) is 15. The Morgan fingerprint density at radius 2 is 0.500 bits per heavy atom. The first-order valence-electron chi connectivity index (χ1n) is 38.1. The number of phosphoric acid groups is 2. The summed E-state index contributed by atoms with van der Waals surface area (Å²) in [6.45, 7) is 7.26. The van der Waals surface area contributed by atoms with Crippen LogP contribution in [-0.4, -0.2) is 96.7 Å². The van der Waals surface area contributed by atoms with Gasteiger partial charge in [-0.3, -0.25) is 37.3 Å². The molecule has 0 rings (SSSR count). The van der Waals surface area contributed by atoms with Gasteiger partial charge in [0.15, 0.2) is 12.2 Å². The predicted octanol–water partition coefficient (Wildman–Crippen LogP) is 21.3. The number of aliphatic hydroxyl groups is 1. The molecule has 0 aromatic carbocycles. The van der Waals surface area contributed by atoms with Crippen LogP contribution >= 0.6 is 15.6 Å². The summed E-state index contributed by atoms with van der Waals surface area (Å²) in [6, 6.07) is 0. The number of hydrogen-bond donors (Lipinski definition) is 3. The van der Waals surface area contributed by atoms with E-state index in [0.29, 0.717) is 25.7 Å². The van der Waals surface area contributed by atoms with Gasteiger partial charge in [0.1, 0.15) is 19.3 Å². The summed E-state index contributed by atoms with van der Waals surface area (Å²) in [5.41, 5.74) is 0. The highest BCUT2D eigenvalue weighted by atomic mass is 31.2. The van der Waals surface area contributed by atoms with E-state index in [4.69, 9.17) is 37.0 Å². The standard InChI is InChI=1S/C73H142O17P2/c1-6-9-12-15-18-20-22-23-24-27-30-34-37-42-47-52-57-71(76)84-63-69(90-73(78)59-54-49-44-39-35-31-28-25-26-29-33-36-41-45-50-55-66(4)5)65-88-92(81,82)86-61-67(74)60-85-91(79,80)87-64-68(62-83-70(75)56-51-46-40-17-14-11-8-3)89-72(77)58-53-48-43-38-32-21-19-16-13-10-7-2/h66-69,74H,6-65H2,1-5H3,(H,79,80)(H,81,82)/t67-,68+,69+/m0/s1. The minimum Gasteiger partial charge on any atom is -0.462 e. The molecule has 3 N–H and O–H groups in total. The summed E-state index contributed by atoms with van der Waals surface area (Å²) in [6.07, 6.45) is 54.2. The van der Waals surface area contributed by atoms with Crippen molar-refractivity contribution >= 4 is 39.5 Å². The highest BCUT2D eigenvalue weighted by Crippen LogP contribution is 2.45. The van der Waals surface area contributed by atoms with Gasteiger partial charge in [0, 0.05) is 25.7 Å². The molecular weight excluding hydrogens is 1210 g/mol. The summed E-state index contributed by atoms with van der Waals surface area (Å²) >= 11 is 0. The van der Waals surface area contributed by atoms with E-state index in [0.717, 1.165) is 109 Å². The molecule has 5 atom stereocenters. The SMILES string of the molecule is CCCCCCCCCCCCCCCCCCC(=O)OC[C@H](COP(=O)(O)OC[C@@H](O)COP(=O)(O)OC[C@@H](COC(=O)CCCCCCCCC)OC(=O)CCCCCCCCCCCCC)OC(=O)CCCCCCCCCCCCCCCCCC(C)C. The van der Waals surface area contributed by atoms with E-state index in [1.54, 1.807) is 0 Å². The third-order valence-electron chi connectivity index (χ3n) is 17.0. The molecule has 0 aliphatic rings. The molecule has 0 saturated heterocycles. The van der Waals surface area contributed by atoms with E-state index < -0.39 is 97.5 Å². The summed E-state index contributed by atoms with van der Waals surface area (Å²) in [7, 11) is -9.90. The van der Waals surface area contributed by atoms with Crippen molar-refractivity contribution in [1.29, 1.82) is 0 Å². The average molecular weight is 1350 g/mol. The van der Waals surface area contributed by atoms with E-state index in [2.05, 4.69) is 34.6 Å². The monoisotopic (exact) mass is 1350 g/mol. The van der Waals surface area contributed by atoms with Crippen molar-refractivity contribution in [3.63, 3.8) is 0 Å². The molecule has 0 aromatic rings. The number of carbonyl (C=O) groups is 4.